The second-order valence-electron chi connectivity index (χ2n) is 5.24. The van der Waals surface area contributed by atoms with Crippen LogP contribution < -0.4 is 0 Å². The van der Waals surface area contributed by atoms with Crippen molar-refractivity contribution in [3.63, 3.8) is 0 Å². The first kappa shape index (κ1) is 15.8. The average Bonchev–Trinajstić information content (AvgIpc) is 2.44. The lowest BCUT2D eigenvalue weighted by Gasteiger charge is -2.31. The molecule has 1 aliphatic rings. The summed E-state index contributed by atoms with van der Waals surface area (Å²) in [5.74, 6) is -0.548. The number of amides is 1. The van der Waals surface area contributed by atoms with Crippen molar-refractivity contribution in [3.8, 4) is 0 Å². The molecule has 0 aliphatic carbocycles. The minimum Gasteiger partial charge on any atom is -0.445 e. The molecule has 21 heavy (non-hydrogen) atoms. The standard InChI is InChI=1S/C14H19NO5S/c16-14(20-10-12-5-2-1-3-6-12)15-8-4-7-13(9-15)11-21(17,18)19/h1-3,5-6,13H,4,7-11H2,(H,17,18,19). The van der Waals surface area contributed by atoms with Crippen molar-refractivity contribution >= 4 is 16.2 Å². The lowest BCUT2D eigenvalue weighted by atomic mass is 10.0. The molecule has 1 aromatic rings. The van der Waals surface area contributed by atoms with Crippen LogP contribution in [0.15, 0.2) is 30.3 Å². The highest BCUT2D eigenvalue weighted by molar-refractivity contribution is 7.85. The molecule has 1 atom stereocenters. The SMILES string of the molecule is O=C(OCc1ccccc1)N1CCCC(CS(=O)(=O)O)C1. The maximum atomic E-state index is 12.0. The summed E-state index contributed by atoms with van der Waals surface area (Å²) in [5.41, 5.74) is 0.900. The van der Waals surface area contributed by atoms with E-state index in [1.165, 1.54) is 4.90 Å². The molecule has 1 heterocycles. The third-order valence-electron chi connectivity index (χ3n) is 3.43. The van der Waals surface area contributed by atoms with Gasteiger partial charge in [-0.3, -0.25) is 4.55 Å². The first-order chi connectivity index (χ1) is 9.94. The number of rotatable bonds is 4. The van der Waals surface area contributed by atoms with Gasteiger partial charge in [0.2, 0.25) is 0 Å². The maximum absolute atomic E-state index is 12.0. The highest BCUT2D eigenvalue weighted by Gasteiger charge is 2.27. The molecule has 0 bridgehead atoms. The van der Waals surface area contributed by atoms with Crippen LogP contribution in [0, 0.1) is 5.92 Å². The van der Waals surface area contributed by atoms with Crippen LogP contribution in [0.25, 0.3) is 0 Å². The van der Waals surface area contributed by atoms with Gasteiger partial charge in [0.1, 0.15) is 6.61 Å². The van der Waals surface area contributed by atoms with Crippen molar-refractivity contribution in [1.29, 1.82) is 0 Å². The summed E-state index contributed by atoms with van der Waals surface area (Å²) in [6, 6.07) is 9.35. The monoisotopic (exact) mass is 313 g/mol. The Morgan fingerprint density at radius 1 is 1.33 bits per heavy atom. The van der Waals surface area contributed by atoms with Gasteiger partial charge in [-0.25, -0.2) is 4.79 Å². The van der Waals surface area contributed by atoms with Crippen molar-refractivity contribution in [3.05, 3.63) is 35.9 Å². The van der Waals surface area contributed by atoms with Crippen molar-refractivity contribution in [2.45, 2.75) is 19.4 Å². The van der Waals surface area contributed by atoms with Crippen LogP contribution in [-0.4, -0.2) is 42.8 Å². The quantitative estimate of drug-likeness (QED) is 0.859. The molecule has 1 fully saturated rings. The zero-order chi connectivity index (χ0) is 15.3. The average molecular weight is 313 g/mol. The predicted octanol–water partition coefficient (Wildman–Crippen LogP) is 1.92. The van der Waals surface area contributed by atoms with Crippen molar-refractivity contribution in [2.24, 2.45) is 5.92 Å². The van der Waals surface area contributed by atoms with Gasteiger partial charge in [0.05, 0.1) is 5.75 Å². The Kier molecular flexibility index (Phi) is 5.19. The molecular weight excluding hydrogens is 294 g/mol. The third kappa shape index (κ3) is 5.35. The normalized spacial score (nSPS) is 19.3. The fourth-order valence-corrected chi connectivity index (χ4v) is 3.34. The molecule has 116 valence electrons. The predicted molar refractivity (Wildman–Crippen MR) is 77.3 cm³/mol. The Morgan fingerprint density at radius 2 is 2.05 bits per heavy atom. The number of nitrogens with zero attached hydrogens (tertiary/aromatic N) is 1. The summed E-state index contributed by atoms with van der Waals surface area (Å²) >= 11 is 0. The number of benzene rings is 1. The minimum absolute atomic E-state index is 0.194. The van der Waals surface area contributed by atoms with Crippen LogP contribution in [0.4, 0.5) is 4.79 Å². The molecule has 0 spiro atoms. The highest BCUT2D eigenvalue weighted by Crippen LogP contribution is 2.19. The molecule has 1 amide bonds. The van der Waals surface area contributed by atoms with Gasteiger partial charge in [0.25, 0.3) is 10.1 Å². The Labute approximate surface area is 124 Å². The number of hydrogen-bond acceptors (Lipinski definition) is 4. The first-order valence-corrected chi connectivity index (χ1v) is 8.46. The molecule has 1 aromatic carbocycles. The Morgan fingerprint density at radius 3 is 2.71 bits per heavy atom. The number of piperidine rings is 1. The van der Waals surface area contributed by atoms with Gasteiger partial charge in [0, 0.05) is 13.1 Å². The minimum atomic E-state index is -4.01. The van der Waals surface area contributed by atoms with Gasteiger partial charge >= 0.3 is 6.09 Å². The zero-order valence-electron chi connectivity index (χ0n) is 11.6. The van der Waals surface area contributed by atoms with E-state index in [4.69, 9.17) is 9.29 Å². The zero-order valence-corrected chi connectivity index (χ0v) is 12.5. The molecule has 2 rings (SSSR count). The van der Waals surface area contributed by atoms with E-state index in [1.807, 2.05) is 30.3 Å². The number of carbonyl (C=O) groups excluding carboxylic acids is 1. The van der Waals surface area contributed by atoms with E-state index in [-0.39, 0.29) is 18.3 Å². The van der Waals surface area contributed by atoms with Gasteiger partial charge in [-0.15, -0.1) is 0 Å². The first-order valence-electron chi connectivity index (χ1n) is 6.85. The van der Waals surface area contributed by atoms with Crippen molar-refractivity contribution < 1.29 is 22.5 Å². The van der Waals surface area contributed by atoms with Gasteiger partial charge in [-0.1, -0.05) is 30.3 Å². The molecule has 0 radical (unpaired) electrons. The summed E-state index contributed by atoms with van der Waals surface area (Å²) in [4.78, 5) is 13.5. The van der Waals surface area contributed by atoms with Crippen LogP contribution in [0.3, 0.4) is 0 Å². The molecule has 1 aliphatic heterocycles. The highest BCUT2D eigenvalue weighted by atomic mass is 32.2. The van der Waals surface area contributed by atoms with E-state index in [9.17, 15) is 13.2 Å². The molecule has 6 nitrogen and oxygen atoms in total. The summed E-state index contributed by atoms with van der Waals surface area (Å²) in [6.45, 7) is 1.04. The molecule has 0 saturated carbocycles. The van der Waals surface area contributed by atoms with E-state index < -0.39 is 16.2 Å². The summed E-state index contributed by atoms with van der Waals surface area (Å²) < 4.78 is 35.9. The third-order valence-corrected chi connectivity index (χ3v) is 4.32. The Balaban J connectivity index is 1.84. The Bertz CT molecular complexity index is 572. The van der Waals surface area contributed by atoms with Crippen LogP contribution in [0.1, 0.15) is 18.4 Å². The fourth-order valence-electron chi connectivity index (χ4n) is 2.48. The number of likely N-dealkylation sites (tertiary alicyclic amines) is 1. The molecular formula is C14H19NO5S. The number of ether oxygens (including phenoxy) is 1. The number of hydrogen-bond donors (Lipinski definition) is 1. The van der Waals surface area contributed by atoms with E-state index in [2.05, 4.69) is 0 Å². The van der Waals surface area contributed by atoms with E-state index in [1.54, 1.807) is 0 Å². The molecule has 0 aromatic heterocycles. The lowest BCUT2D eigenvalue weighted by molar-refractivity contribution is 0.0811. The number of carbonyl (C=O) groups is 1. The summed E-state index contributed by atoms with van der Waals surface area (Å²) in [5, 5.41) is 0. The van der Waals surface area contributed by atoms with Crippen LogP contribution >= 0.6 is 0 Å². The van der Waals surface area contributed by atoms with E-state index in [0.29, 0.717) is 25.9 Å². The molecule has 1 N–H and O–H groups in total. The van der Waals surface area contributed by atoms with Crippen molar-refractivity contribution in [1.82, 2.24) is 4.90 Å². The Hall–Kier alpha value is -1.60. The second kappa shape index (κ2) is 6.91. The fraction of sp³-hybridized carbons (Fsp3) is 0.500. The van der Waals surface area contributed by atoms with Crippen LogP contribution in [0.5, 0.6) is 0 Å². The maximum Gasteiger partial charge on any atom is 0.410 e. The van der Waals surface area contributed by atoms with Crippen LogP contribution in [-0.2, 0) is 21.5 Å². The smallest absolute Gasteiger partial charge is 0.410 e. The molecule has 7 heteroatoms. The van der Waals surface area contributed by atoms with E-state index >= 15 is 0 Å². The largest absolute Gasteiger partial charge is 0.445 e. The van der Waals surface area contributed by atoms with Gasteiger partial charge in [-0.05, 0) is 24.3 Å². The molecule has 1 saturated heterocycles. The van der Waals surface area contributed by atoms with E-state index in [0.717, 1.165) is 5.56 Å². The van der Waals surface area contributed by atoms with Crippen LogP contribution in [0.2, 0.25) is 0 Å². The molecule has 1 unspecified atom stereocenters. The van der Waals surface area contributed by atoms with Gasteiger partial charge < -0.3 is 9.64 Å². The lowest BCUT2D eigenvalue weighted by Crippen LogP contribution is -2.42. The second-order valence-corrected chi connectivity index (χ2v) is 6.74. The van der Waals surface area contributed by atoms with Gasteiger partial charge in [0.15, 0.2) is 0 Å². The van der Waals surface area contributed by atoms with Gasteiger partial charge in [-0.2, -0.15) is 8.42 Å². The van der Waals surface area contributed by atoms with Crippen molar-refractivity contribution in [2.75, 3.05) is 18.8 Å². The summed E-state index contributed by atoms with van der Waals surface area (Å²) in [7, 11) is -4.01. The summed E-state index contributed by atoms with van der Waals surface area (Å²) in [6.07, 6.45) is 0.946. The topological polar surface area (TPSA) is 83.9 Å².